The first kappa shape index (κ1) is 14.5. The molecule has 22 heavy (non-hydrogen) atoms. The highest BCUT2D eigenvalue weighted by Gasteiger charge is 2.14. The van der Waals surface area contributed by atoms with Gasteiger partial charge in [-0.05, 0) is 29.8 Å². The molecule has 1 aliphatic rings. The van der Waals surface area contributed by atoms with Crippen LogP contribution in [0, 0.1) is 0 Å². The standard InChI is InChI=1S/C18H19N3O/c1(4-16-5-2-8-19-14-16)7-18(17-6-3-9-20-15-17)21-10-12-22-13-11-21/h1-9,14-15H,10-13H2/b4-1+,18-7+. The predicted molar refractivity (Wildman–Crippen MR) is 87.9 cm³/mol. The predicted octanol–water partition coefficient (Wildman–Crippen LogP) is 2.86. The minimum Gasteiger partial charge on any atom is -0.378 e. The van der Waals surface area contributed by atoms with Crippen LogP contribution < -0.4 is 0 Å². The molecule has 0 aliphatic carbocycles. The summed E-state index contributed by atoms with van der Waals surface area (Å²) in [5, 5.41) is 0. The fraction of sp³-hybridized carbons (Fsp3) is 0.222. The Morgan fingerprint density at radius 1 is 1.05 bits per heavy atom. The van der Waals surface area contributed by atoms with Gasteiger partial charge < -0.3 is 9.64 Å². The fourth-order valence-corrected chi connectivity index (χ4v) is 2.43. The summed E-state index contributed by atoms with van der Waals surface area (Å²) >= 11 is 0. The third kappa shape index (κ3) is 3.80. The molecule has 2 aromatic heterocycles. The van der Waals surface area contributed by atoms with E-state index in [4.69, 9.17) is 4.74 Å². The molecule has 0 atom stereocenters. The maximum atomic E-state index is 5.45. The second-order valence-corrected chi connectivity index (χ2v) is 5.04. The third-order valence-electron chi connectivity index (χ3n) is 3.54. The lowest BCUT2D eigenvalue weighted by Crippen LogP contribution is -2.34. The largest absolute Gasteiger partial charge is 0.378 e. The summed E-state index contributed by atoms with van der Waals surface area (Å²) in [5.74, 6) is 0. The molecule has 112 valence electrons. The van der Waals surface area contributed by atoms with Crippen molar-refractivity contribution < 1.29 is 4.74 Å². The van der Waals surface area contributed by atoms with Crippen molar-refractivity contribution >= 4 is 11.8 Å². The van der Waals surface area contributed by atoms with Crippen molar-refractivity contribution in [3.63, 3.8) is 0 Å². The van der Waals surface area contributed by atoms with E-state index in [9.17, 15) is 0 Å². The number of pyridine rings is 2. The Balaban J connectivity index is 1.84. The molecule has 0 unspecified atom stereocenters. The van der Waals surface area contributed by atoms with Crippen LogP contribution in [0.1, 0.15) is 11.1 Å². The van der Waals surface area contributed by atoms with Crippen LogP contribution in [0.2, 0.25) is 0 Å². The first-order chi connectivity index (χ1) is 10.9. The Bertz CT molecular complexity index is 632. The summed E-state index contributed by atoms with van der Waals surface area (Å²) in [5.41, 5.74) is 3.39. The van der Waals surface area contributed by atoms with E-state index in [2.05, 4.69) is 39.2 Å². The van der Waals surface area contributed by atoms with Gasteiger partial charge in [0.1, 0.15) is 0 Å². The van der Waals surface area contributed by atoms with Crippen LogP contribution in [0.15, 0.2) is 61.2 Å². The van der Waals surface area contributed by atoms with Crippen LogP contribution in [0.5, 0.6) is 0 Å². The Hall–Kier alpha value is -2.46. The first-order valence-corrected chi connectivity index (χ1v) is 7.45. The molecular formula is C18H19N3O. The molecule has 1 fully saturated rings. The smallest absolute Gasteiger partial charge is 0.0642 e. The molecule has 2 aromatic rings. The average molecular weight is 293 g/mol. The van der Waals surface area contributed by atoms with Crippen LogP contribution in [-0.2, 0) is 4.74 Å². The van der Waals surface area contributed by atoms with Crippen molar-refractivity contribution in [1.29, 1.82) is 0 Å². The molecule has 1 aliphatic heterocycles. The fourth-order valence-electron chi connectivity index (χ4n) is 2.43. The zero-order chi connectivity index (χ0) is 15.0. The Morgan fingerprint density at radius 3 is 2.50 bits per heavy atom. The van der Waals surface area contributed by atoms with Gasteiger partial charge in [0.15, 0.2) is 0 Å². The average Bonchev–Trinajstić information content (AvgIpc) is 2.61. The minimum absolute atomic E-state index is 0.768. The lowest BCUT2D eigenvalue weighted by molar-refractivity contribution is 0.0639. The quantitative estimate of drug-likeness (QED) is 0.813. The Morgan fingerprint density at radius 2 is 1.82 bits per heavy atom. The van der Waals surface area contributed by atoms with Crippen LogP contribution in [-0.4, -0.2) is 41.2 Å². The summed E-state index contributed by atoms with van der Waals surface area (Å²) in [7, 11) is 0. The maximum absolute atomic E-state index is 5.45. The van der Waals surface area contributed by atoms with Crippen LogP contribution in [0.3, 0.4) is 0 Å². The molecule has 3 rings (SSSR count). The number of aromatic nitrogens is 2. The van der Waals surface area contributed by atoms with Crippen LogP contribution in [0.4, 0.5) is 0 Å². The van der Waals surface area contributed by atoms with E-state index in [1.807, 2.05) is 30.6 Å². The van der Waals surface area contributed by atoms with Gasteiger partial charge >= 0.3 is 0 Å². The van der Waals surface area contributed by atoms with E-state index in [1.165, 1.54) is 5.70 Å². The third-order valence-corrected chi connectivity index (χ3v) is 3.54. The zero-order valence-electron chi connectivity index (χ0n) is 12.4. The van der Waals surface area contributed by atoms with Gasteiger partial charge in [0.05, 0.1) is 13.2 Å². The zero-order valence-corrected chi connectivity index (χ0v) is 12.4. The van der Waals surface area contributed by atoms with E-state index in [0.29, 0.717) is 0 Å². The molecule has 0 radical (unpaired) electrons. The molecule has 0 aromatic carbocycles. The van der Waals surface area contributed by atoms with Crippen LogP contribution in [0.25, 0.3) is 11.8 Å². The monoisotopic (exact) mass is 293 g/mol. The second kappa shape index (κ2) is 7.52. The topological polar surface area (TPSA) is 38.2 Å². The van der Waals surface area contributed by atoms with Gasteiger partial charge in [-0.25, -0.2) is 0 Å². The van der Waals surface area contributed by atoms with Crippen molar-refractivity contribution in [3.05, 3.63) is 72.3 Å². The lowest BCUT2D eigenvalue weighted by Gasteiger charge is -2.31. The van der Waals surface area contributed by atoms with Crippen molar-refractivity contribution in [1.82, 2.24) is 14.9 Å². The maximum Gasteiger partial charge on any atom is 0.0642 e. The lowest BCUT2D eigenvalue weighted by atomic mass is 10.1. The van der Waals surface area contributed by atoms with E-state index in [-0.39, 0.29) is 0 Å². The minimum atomic E-state index is 0.768. The van der Waals surface area contributed by atoms with Crippen molar-refractivity contribution in [2.75, 3.05) is 26.3 Å². The molecule has 0 bridgehead atoms. The van der Waals surface area contributed by atoms with Crippen LogP contribution >= 0.6 is 0 Å². The van der Waals surface area contributed by atoms with Gasteiger partial charge in [0.2, 0.25) is 0 Å². The first-order valence-electron chi connectivity index (χ1n) is 7.45. The number of morpholine rings is 1. The normalized spacial score (nSPS) is 16.2. The summed E-state index contributed by atoms with van der Waals surface area (Å²) in [6.45, 7) is 3.34. The molecule has 1 saturated heterocycles. The summed E-state index contributed by atoms with van der Waals surface area (Å²) in [6.07, 6.45) is 13.6. The number of ether oxygens (including phenoxy) is 1. The highest BCUT2D eigenvalue weighted by Crippen LogP contribution is 2.20. The SMILES string of the molecule is C(=C\c1cccnc1)/C=C(\c1cccnc1)N1CCOCC1. The van der Waals surface area contributed by atoms with Crippen molar-refractivity contribution in [3.8, 4) is 0 Å². The molecule has 0 amide bonds. The second-order valence-electron chi connectivity index (χ2n) is 5.04. The van der Waals surface area contributed by atoms with Gasteiger partial charge in [-0.15, -0.1) is 0 Å². The number of rotatable bonds is 4. The summed E-state index contributed by atoms with van der Waals surface area (Å²) in [6, 6.07) is 8.03. The van der Waals surface area contributed by atoms with Gasteiger partial charge in [-0.1, -0.05) is 18.2 Å². The molecule has 4 heteroatoms. The van der Waals surface area contributed by atoms with E-state index >= 15 is 0 Å². The molecule has 4 nitrogen and oxygen atoms in total. The van der Waals surface area contributed by atoms with Gasteiger partial charge in [0.25, 0.3) is 0 Å². The molecule has 0 spiro atoms. The highest BCUT2D eigenvalue weighted by molar-refractivity contribution is 5.67. The molecule has 0 saturated carbocycles. The van der Waals surface area contributed by atoms with Gasteiger partial charge in [-0.3, -0.25) is 9.97 Å². The van der Waals surface area contributed by atoms with Crippen molar-refractivity contribution in [2.45, 2.75) is 0 Å². The molecule has 0 N–H and O–H groups in total. The highest BCUT2D eigenvalue weighted by atomic mass is 16.5. The number of nitrogens with zero attached hydrogens (tertiary/aromatic N) is 3. The van der Waals surface area contributed by atoms with Gasteiger partial charge in [-0.2, -0.15) is 0 Å². The van der Waals surface area contributed by atoms with Crippen molar-refractivity contribution in [2.24, 2.45) is 0 Å². The molecular weight excluding hydrogens is 274 g/mol. The number of hydrogen-bond acceptors (Lipinski definition) is 4. The summed E-state index contributed by atoms with van der Waals surface area (Å²) < 4.78 is 5.45. The Kier molecular flexibility index (Phi) is 4.95. The summed E-state index contributed by atoms with van der Waals surface area (Å²) in [4.78, 5) is 10.7. The van der Waals surface area contributed by atoms with E-state index < -0.39 is 0 Å². The van der Waals surface area contributed by atoms with E-state index in [1.54, 1.807) is 12.4 Å². The number of hydrogen-bond donors (Lipinski definition) is 0. The van der Waals surface area contributed by atoms with Gasteiger partial charge in [0, 0.05) is 49.1 Å². The number of allylic oxidation sites excluding steroid dienone is 2. The molecule has 3 heterocycles. The Labute approximate surface area is 130 Å². The van der Waals surface area contributed by atoms with E-state index in [0.717, 1.165) is 37.4 Å².